The SMILES string of the molecule is Cc1ccc(N)cc1C(=O)N1CCC2(CCOC2)C1.Cl. The van der Waals surface area contributed by atoms with Crippen molar-refractivity contribution in [3.05, 3.63) is 29.3 Å². The van der Waals surface area contributed by atoms with Crippen molar-refractivity contribution in [2.24, 2.45) is 5.41 Å². The number of halogens is 1. The van der Waals surface area contributed by atoms with Gasteiger partial charge < -0.3 is 15.4 Å². The number of aryl methyl sites for hydroxylation is 1. The quantitative estimate of drug-likeness (QED) is 0.809. The summed E-state index contributed by atoms with van der Waals surface area (Å²) in [5.41, 5.74) is 8.37. The fourth-order valence-electron chi connectivity index (χ4n) is 3.12. The summed E-state index contributed by atoms with van der Waals surface area (Å²) >= 11 is 0. The van der Waals surface area contributed by atoms with Gasteiger partial charge in [0.2, 0.25) is 0 Å². The van der Waals surface area contributed by atoms with E-state index in [9.17, 15) is 4.79 Å². The smallest absolute Gasteiger partial charge is 0.254 e. The molecule has 110 valence electrons. The van der Waals surface area contributed by atoms with Crippen molar-refractivity contribution in [2.75, 3.05) is 32.0 Å². The topological polar surface area (TPSA) is 55.6 Å². The third-order valence-corrected chi connectivity index (χ3v) is 4.40. The summed E-state index contributed by atoms with van der Waals surface area (Å²) in [5, 5.41) is 0. The lowest BCUT2D eigenvalue weighted by molar-refractivity contribution is 0.0765. The van der Waals surface area contributed by atoms with Crippen LogP contribution in [0.25, 0.3) is 0 Å². The number of nitrogen functional groups attached to an aromatic ring is 1. The standard InChI is InChI=1S/C15H20N2O2.ClH/c1-11-2-3-12(16)8-13(11)14(18)17-6-4-15(9-17)5-7-19-10-15;/h2-3,8H,4-7,9-10,16H2,1H3;1H. The van der Waals surface area contributed by atoms with Gasteiger partial charge in [0.25, 0.3) is 5.91 Å². The Morgan fingerprint density at radius 3 is 2.90 bits per heavy atom. The molecule has 1 atom stereocenters. The first-order chi connectivity index (χ1) is 9.10. The molecule has 4 nitrogen and oxygen atoms in total. The van der Waals surface area contributed by atoms with Crippen molar-refractivity contribution in [1.82, 2.24) is 4.90 Å². The highest BCUT2D eigenvalue weighted by Gasteiger charge is 2.42. The van der Waals surface area contributed by atoms with Gasteiger partial charge in [-0.1, -0.05) is 6.07 Å². The number of anilines is 1. The largest absolute Gasteiger partial charge is 0.399 e. The minimum absolute atomic E-state index is 0. The second kappa shape index (κ2) is 5.62. The second-order valence-corrected chi connectivity index (χ2v) is 5.85. The molecule has 1 unspecified atom stereocenters. The zero-order valence-electron chi connectivity index (χ0n) is 11.7. The number of amides is 1. The summed E-state index contributed by atoms with van der Waals surface area (Å²) < 4.78 is 5.50. The molecule has 0 bridgehead atoms. The van der Waals surface area contributed by atoms with Crippen LogP contribution in [0.5, 0.6) is 0 Å². The molecule has 2 saturated heterocycles. The van der Waals surface area contributed by atoms with E-state index in [0.717, 1.165) is 50.3 Å². The van der Waals surface area contributed by atoms with E-state index in [-0.39, 0.29) is 23.7 Å². The van der Waals surface area contributed by atoms with Gasteiger partial charge in [0, 0.05) is 36.4 Å². The Morgan fingerprint density at radius 1 is 1.40 bits per heavy atom. The van der Waals surface area contributed by atoms with Gasteiger partial charge in [-0.05, 0) is 37.5 Å². The highest BCUT2D eigenvalue weighted by Crippen LogP contribution is 2.38. The molecule has 2 N–H and O–H groups in total. The molecule has 0 radical (unpaired) electrons. The predicted octanol–water partition coefficient (Wildman–Crippen LogP) is 2.25. The number of carbonyl (C=O) groups excluding carboxylic acids is 1. The van der Waals surface area contributed by atoms with Crippen molar-refractivity contribution in [3.8, 4) is 0 Å². The maximum absolute atomic E-state index is 12.6. The highest BCUT2D eigenvalue weighted by atomic mass is 35.5. The number of hydrogen-bond donors (Lipinski definition) is 1. The Labute approximate surface area is 125 Å². The van der Waals surface area contributed by atoms with E-state index < -0.39 is 0 Å². The molecule has 0 aliphatic carbocycles. The average Bonchev–Trinajstić information content (AvgIpc) is 3.03. The summed E-state index contributed by atoms with van der Waals surface area (Å²) in [5.74, 6) is 0.105. The van der Waals surface area contributed by atoms with E-state index in [1.165, 1.54) is 0 Å². The fraction of sp³-hybridized carbons (Fsp3) is 0.533. The van der Waals surface area contributed by atoms with Gasteiger partial charge in [0.1, 0.15) is 0 Å². The lowest BCUT2D eigenvalue weighted by atomic mass is 9.87. The highest BCUT2D eigenvalue weighted by molar-refractivity contribution is 5.96. The van der Waals surface area contributed by atoms with Crippen molar-refractivity contribution in [3.63, 3.8) is 0 Å². The predicted molar refractivity (Wildman–Crippen MR) is 81.2 cm³/mol. The Kier molecular flexibility index (Phi) is 4.25. The van der Waals surface area contributed by atoms with Crippen molar-refractivity contribution < 1.29 is 9.53 Å². The summed E-state index contributed by atoms with van der Waals surface area (Å²) in [6, 6.07) is 5.53. The molecule has 1 amide bonds. The molecule has 2 fully saturated rings. The molecule has 2 aliphatic heterocycles. The van der Waals surface area contributed by atoms with Gasteiger partial charge in [-0.15, -0.1) is 12.4 Å². The number of nitrogens with zero attached hydrogens (tertiary/aromatic N) is 1. The molecule has 1 aromatic carbocycles. The number of ether oxygens (including phenoxy) is 1. The first kappa shape index (κ1) is 15.1. The van der Waals surface area contributed by atoms with Crippen LogP contribution < -0.4 is 5.73 Å². The molecule has 2 aliphatic rings. The lowest BCUT2D eigenvalue weighted by Crippen LogP contribution is -2.32. The van der Waals surface area contributed by atoms with E-state index in [1.54, 1.807) is 6.07 Å². The van der Waals surface area contributed by atoms with E-state index in [2.05, 4.69) is 0 Å². The van der Waals surface area contributed by atoms with Gasteiger partial charge in [0.15, 0.2) is 0 Å². The van der Waals surface area contributed by atoms with Crippen LogP contribution in [-0.2, 0) is 4.74 Å². The monoisotopic (exact) mass is 296 g/mol. The zero-order chi connectivity index (χ0) is 13.5. The molecule has 1 spiro atoms. The number of likely N-dealkylation sites (tertiary alicyclic amines) is 1. The van der Waals surface area contributed by atoms with Gasteiger partial charge in [-0.25, -0.2) is 0 Å². The lowest BCUT2D eigenvalue weighted by Gasteiger charge is -2.22. The molecule has 0 aromatic heterocycles. The minimum atomic E-state index is 0. The van der Waals surface area contributed by atoms with E-state index in [0.29, 0.717) is 5.69 Å². The maximum Gasteiger partial charge on any atom is 0.254 e. The molecule has 20 heavy (non-hydrogen) atoms. The first-order valence-electron chi connectivity index (χ1n) is 6.83. The zero-order valence-corrected chi connectivity index (χ0v) is 12.5. The van der Waals surface area contributed by atoms with Crippen molar-refractivity contribution in [2.45, 2.75) is 19.8 Å². The van der Waals surface area contributed by atoms with Gasteiger partial charge in [-0.2, -0.15) is 0 Å². The summed E-state index contributed by atoms with van der Waals surface area (Å²) in [7, 11) is 0. The minimum Gasteiger partial charge on any atom is -0.399 e. The summed E-state index contributed by atoms with van der Waals surface area (Å²) in [6.45, 7) is 5.24. The first-order valence-corrected chi connectivity index (χ1v) is 6.83. The average molecular weight is 297 g/mol. The number of carbonyl (C=O) groups is 1. The third-order valence-electron chi connectivity index (χ3n) is 4.40. The normalized spacial score (nSPS) is 24.9. The molecular weight excluding hydrogens is 276 g/mol. The fourth-order valence-corrected chi connectivity index (χ4v) is 3.12. The third kappa shape index (κ3) is 2.63. The molecule has 0 saturated carbocycles. The van der Waals surface area contributed by atoms with E-state index >= 15 is 0 Å². The van der Waals surface area contributed by atoms with Gasteiger partial charge in [0.05, 0.1) is 6.61 Å². The van der Waals surface area contributed by atoms with E-state index in [1.807, 2.05) is 24.0 Å². The summed E-state index contributed by atoms with van der Waals surface area (Å²) in [6.07, 6.45) is 2.13. The van der Waals surface area contributed by atoms with Crippen LogP contribution in [0.1, 0.15) is 28.8 Å². The van der Waals surface area contributed by atoms with Crippen LogP contribution in [0.2, 0.25) is 0 Å². The number of hydrogen-bond acceptors (Lipinski definition) is 3. The molecule has 2 heterocycles. The Balaban J connectivity index is 0.00000147. The number of rotatable bonds is 1. The van der Waals surface area contributed by atoms with Crippen LogP contribution in [-0.4, -0.2) is 37.1 Å². The molecule has 1 aromatic rings. The Morgan fingerprint density at radius 2 is 2.20 bits per heavy atom. The van der Waals surface area contributed by atoms with Crippen LogP contribution >= 0.6 is 12.4 Å². The second-order valence-electron chi connectivity index (χ2n) is 5.85. The van der Waals surface area contributed by atoms with Crippen LogP contribution in [0, 0.1) is 12.3 Å². The summed E-state index contributed by atoms with van der Waals surface area (Å²) in [4.78, 5) is 14.5. The van der Waals surface area contributed by atoms with Gasteiger partial charge >= 0.3 is 0 Å². The molecule has 3 rings (SSSR count). The Hall–Kier alpha value is -1.26. The van der Waals surface area contributed by atoms with Gasteiger partial charge in [-0.3, -0.25) is 4.79 Å². The van der Waals surface area contributed by atoms with Crippen molar-refractivity contribution >= 4 is 24.0 Å². The molecule has 5 heteroatoms. The van der Waals surface area contributed by atoms with Crippen LogP contribution in [0.4, 0.5) is 5.69 Å². The van der Waals surface area contributed by atoms with Crippen LogP contribution in [0.3, 0.4) is 0 Å². The number of benzene rings is 1. The van der Waals surface area contributed by atoms with E-state index in [4.69, 9.17) is 10.5 Å². The molecular formula is C15H21ClN2O2. The number of nitrogens with two attached hydrogens (primary N) is 1. The maximum atomic E-state index is 12.6. The van der Waals surface area contributed by atoms with Crippen LogP contribution in [0.15, 0.2) is 18.2 Å². The Bertz CT molecular complexity index is 513. The van der Waals surface area contributed by atoms with Crippen molar-refractivity contribution in [1.29, 1.82) is 0 Å².